The Labute approximate surface area is 205 Å². The van der Waals surface area contributed by atoms with Crippen molar-refractivity contribution >= 4 is 45.0 Å². The summed E-state index contributed by atoms with van der Waals surface area (Å²) in [5.74, 6) is -0.276. The van der Waals surface area contributed by atoms with E-state index in [0.717, 1.165) is 10.0 Å². The normalized spacial score (nSPS) is 20.3. The predicted molar refractivity (Wildman–Crippen MR) is 129 cm³/mol. The predicted octanol–water partition coefficient (Wildman–Crippen LogP) is 3.98. The van der Waals surface area contributed by atoms with Gasteiger partial charge in [-0.05, 0) is 54.8 Å². The lowest BCUT2D eigenvalue weighted by atomic mass is 10.0. The van der Waals surface area contributed by atoms with Gasteiger partial charge in [-0.1, -0.05) is 39.7 Å². The molecule has 33 heavy (non-hydrogen) atoms. The van der Waals surface area contributed by atoms with Gasteiger partial charge in [0.05, 0.1) is 16.7 Å². The fourth-order valence-electron chi connectivity index (χ4n) is 3.50. The van der Waals surface area contributed by atoms with Crippen LogP contribution in [0, 0.1) is 11.3 Å². The number of nitrogens with zero attached hydrogens (tertiary/aromatic N) is 1. The summed E-state index contributed by atoms with van der Waals surface area (Å²) in [6.45, 7) is 0.822. The van der Waals surface area contributed by atoms with Crippen LogP contribution in [0.2, 0.25) is 5.02 Å². The molecule has 1 aliphatic carbocycles. The van der Waals surface area contributed by atoms with Crippen LogP contribution in [0.3, 0.4) is 0 Å². The molecule has 1 atom stereocenters. The standard InChI is InChI=1S/C24H22BrClN4O3/c25-16-4-5-19-17(13-16)22(31)29-20(23(32)30-24(14-27)7-8-24)12-15-3-6-21(18(26)11-15)33-10-2-1-9-28-19/h1-6,11,13,20,28H,7-10,12H2,(H,29,31)(H,30,32)/b2-1+/t20-/m0/s1. The van der Waals surface area contributed by atoms with E-state index >= 15 is 0 Å². The second-order valence-corrected chi connectivity index (χ2v) is 9.35. The summed E-state index contributed by atoms with van der Waals surface area (Å²) >= 11 is 9.79. The van der Waals surface area contributed by atoms with Crippen LogP contribution < -0.4 is 20.7 Å². The number of nitriles is 1. The zero-order valence-electron chi connectivity index (χ0n) is 17.7. The summed E-state index contributed by atoms with van der Waals surface area (Å²) in [4.78, 5) is 26.4. The van der Waals surface area contributed by atoms with Crippen LogP contribution in [0.5, 0.6) is 5.75 Å². The van der Waals surface area contributed by atoms with Gasteiger partial charge in [-0.15, -0.1) is 0 Å². The summed E-state index contributed by atoms with van der Waals surface area (Å²) in [5.41, 5.74) is 0.939. The van der Waals surface area contributed by atoms with E-state index < -0.39 is 23.4 Å². The first-order chi connectivity index (χ1) is 15.9. The second kappa shape index (κ2) is 9.86. The topological polar surface area (TPSA) is 103 Å². The Morgan fingerprint density at radius 3 is 2.79 bits per heavy atom. The maximum absolute atomic E-state index is 13.3. The van der Waals surface area contributed by atoms with Crippen LogP contribution in [-0.2, 0) is 11.2 Å². The van der Waals surface area contributed by atoms with Crippen LogP contribution in [0.15, 0.2) is 53.0 Å². The van der Waals surface area contributed by atoms with E-state index in [-0.39, 0.29) is 6.42 Å². The van der Waals surface area contributed by atoms with E-state index in [1.54, 1.807) is 24.3 Å². The summed E-state index contributed by atoms with van der Waals surface area (Å²) in [6, 6.07) is 11.9. The molecular formula is C24H22BrClN4O3. The van der Waals surface area contributed by atoms with Crippen molar-refractivity contribution in [2.24, 2.45) is 0 Å². The molecule has 2 aliphatic heterocycles. The number of carbonyl (C=O) groups excluding carboxylic acids is 2. The Balaban J connectivity index is 1.67. The smallest absolute Gasteiger partial charge is 0.254 e. The molecule has 0 radical (unpaired) electrons. The van der Waals surface area contributed by atoms with Gasteiger partial charge in [0.2, 0.25) is 5.91 Å². The third kappa shape index (κ3) is 5.67. The molecule has 1 saturated carbocycles. The van der Waals surface area contributed by atoms with Gasteiger partial charge in [0.25, 0.3) is 5.91 Å². The first-order valence-corrected chi connectivity index (χ1v) is 11.7. The molecule has 2 bridgehead atoms. The zero-order chi connectivity index (χ0) is 23.4. The minimum absolute atomic E-state index is 0.204. The van der Waals surface area contributed by atoms with E-state index in [9.17, 15) is 14.9 Å². The number of hydrogen-bond donors (Lipinski definition) is 3. The largest absolute Gasteiger partial charge is 0.488 e. The molecular weight excluding hydrogens is 508 g/mol. The zero-order valence-corrected chi connectivity index (χ0v) is 20.0. The highest BCUT2D eigenvalue weighted by molar-refractivity contribution is 9.10. The van der Waals surface area contributed by atoms with Gasteiger partial charge < -0.3 is 20.7 Å². The van der Waals surface area contributed by atoms with E-state index in [1.807, 2.05) is 24.3 Å². The molecule has 170 valence electrons. The summed E-state index contributed by atoms with van der Waals surface area (Å²) in [7, 11) is 0. The molecule has 3 aliphatic rings. The first-order valence-electron chi connectivity index (χ1n) is 10.5. The molecule has 2 amide bonds. The highest BCUT2D eigenvalue weighted by Crippen LogP contribution is 2.34. The molecule has 0 aromatic heterocycles. The number of rotatable bonds is 2. The minimum Gasteiger partial charge on any atom is -0.488 e. The van der Waals surface area contributed by atoms with Crippen LogP contribution in [0.1, 0.15) is 28.8 Å². The fourth-order valence-corrected chi connectivity index (χ4v) is 4.12. The van der Waals surface area contributed by atoms with Gasteiger partial charge >= 0.3 is 0 Å². The summed E-state index contributed by atoms with van der Waals surface area (Å²) in [6.07, 6.45) is 5.16. The second-order valence-electron chi connectivity index (χ2n) is 8.03. The molecule has 2 aromatic carbocycles. The van der Waals surface area contributed by atoms with Gasteiger partial charge in [0.15, 0.2) is 0 Å². The van der Waals surface area contributed by atoms with Crippen molar-refractivity contribution in [3.05, 3.63) is 69.2 Å². The number of halogens is 2. The number of hydrogen-bond acceptors (Lipinski definition) is 5. The molecule has 0 unspecified atom stereocenters. The lowest BCUT2D eigenvalue weighted by molar-refractivity contribution is -0.123. The van der Waals surface area contributed by atoms with E-state index in [0.29, 0.717) is 48.0 Å². The third-order valence-electron chi connectivity index (χ3n) is 5.52. The van der Waals surface area contributed by atoms with Crippen LogP contribution in [0.25, 0.3) is 0 Å². The molecule has 9 heteroatoms. The van der Waals surface area contributed by atoms with Crippen LogP contribution in [-0.4, -0.2) is 36.5 Å². The number of benzene rings is 2. The number of fused-ring (bicyclic) bond motifs is 9. The highest BCUT2D eigenvalue weighted by Gasteiger charge is 2.45. The minimum atomic E-state index is -0.897. The number of anilines is 1. The third-order valence-corrected chi connectivity index (χ3v) is 6.31. The van der Waals surface area contributed by atoms with E-state index in [2.05, 4.69) is 37.9 Å². The van der Waals surface area contributed by atoms with E-state index in [1.165, 1.54) is 0 Å². The van der Waals surface area contributed by atoms with Gasteiger partial charge in [-0.3, -0.25) is 9.59 Å². The molecule has 2 aromatic rings. The fraction of sp³-hybridized carbons (Fsp3) is 0.292. The highest BCUT2D eigenvalue weighted by atomic mass is 79.9. The Kier molecular flexibility index (Phi) is 6.91. The van der Waals surface area contributed by atoms with Crippen LogP contribution >= 0.6 is 27.5 Å². The monoisotopic (exact) mass is 528 g/mol. The molecule has 7 nitrogen and oxygen atoms in total. The summed E-state index contributed by atoms with van der Waals surface area (Å²) in [5, 5.41) is 18.7. The Morgan fingerprint density at radius 2 is 2.06 bits per heavy atom. The maximum Gasteiger partial charge on any atom is 0.254 e. The van der Waals surface area contributed by atoms with Crippen molar-refractivity contribution in [3.8, 4) is 11.8 Å². The van der Waals surface area contributed by atoms with Crippen molar-refractivity contribution < 1.29 is 14.3 Å². The maximum atomic E-state index is 13.3. The first kappa shape index (κ1) is 23.1. The molecule has 5 rings (SSSR count). The van der Waals surface area contributed by atoms with Crippen molar-refractivity contribution in [1.82, 2.24) is 10.6 Å². The van der Waals surface area contributed by atoms with Crippen molar-refractivity contribution in [2.75, 3.05) is 18.5 Å². The van der Waals surface area contributed by atoms with Crippen molar-refractivity contribution in [2.45, 2.75) is 30.8 Å². The van der Waals surface area contributed by atoms with Gasteiger partial charge in [0, 0.05) is 23.1 Å². The van der Waals surface area contributed by atoms with Gasteiger partial charge in [-0.2, -0.15) is 5.26 Å². The average Bonchev–Trinajstić information content (AvgIpc) is 3.56. The van der Waals surface area contributed by atoms with Crippen molar-refractivity contribution in [3.63, 3.8) is 0 Å². The molecule has 1 fully saturated rings. The molecule has 0 saturated heterocycles. The van der Waals surface area contributed by atoms with Gasteiger partial charge in [-0.25, -0.2) is 0 Å². The lowest BCUT2D eigenvalue weighted by Gasteiger charge is -2.22. The quantitative estimate of drug-likeness (QED) is 0.511. The molecule has 2 heterocycles. The molecule has 3 N–H and O–H groups in total. The van der Waals surface area contributed by atoms with Gasteiger partial charge in [0.1, 0.15) is 23.9 Å². The van der Waals surface area contributed by atoms with E-state index in [4.69, 9.17) is 16.3 Å². The van der Waals surface area contributed by atoms with Crippen LogP contribution in [0.4, 0.5) is 5.69 Å². The number of carbonyl (C=O) groups is 2. The Hall–Kier alpha value is -3.02. The Morgan fingerprint density at radius 1 is 1.24 bits per heavy atom. The SMILES string of the molecule is N#CC1(NC(=O)[C@@H]2Cc3ccc(c(Cl)c3)OC/C=C/CNc3ccc(Br)cc3C(=O)N2)CC1. The summed E-state index contributed by atoms with van der Waals surface area (Å²) < 4.78 is 6.46. The number of nitrogens with one attached hydrogen (secondary N) is 3. The molecule has 0 spiro atoms. The number of ether oxygens (including phenoxy) is 1. The number of amides is 2. The Bertz CT molecular complexity index is 1160. The lowest BCUT2D eigenvalue weighted by Crippen LogP contribution is -2.51. The van der Waals surface area contributed by atoms with Crippen molar-refractivity contribution in [1.29, 1.82) is 5.26 Å². The average molecular weight is 530 g/mol.